The Labute approximate surface area is 111 Å². The van der Waals surface area contributed by atoms with Crippen LogP contribution in [0.3, 0.4) is 0 Å². The molecule has 0 spiro atoms. The van der Waals surface area contributed by atoms with Gasteiger partial charge in [0, 0.05) is 0 Å². The Bertz CT molecular complexity index is 273. The summed E-state index contributed by atoms with van der Waals surface area (Å²) in [5.41, 5.74) is -0.613. The van der Waals surface area contributed by atoms with Gasteiger partial charge in [0.1, 0.15) is 0 Å². The molecular formula is C15H28O3. The zero-order valence-corrected chi connectivity index (χ0v) is 12.0. The highest BCUT2D eigenvalue weighted by atomic mass is 16.4. The van der Waals surface area contributed by atoms with Crippen LogP contribution in [0.5, 0.6) is 0 Å². The van der Waals surface area contributed by atoms with E-state index in [9.17, 15) is 9.90 Å². The normalized spacial score (nSPS) is 29.2. The molecule has 0 aliphatic heterocycles. The van der Waals surface area contributed by atoms with E-state index < -0.39 is 11.4 Å². The molecule has 3 atom stereocenters. The van der Waals surface area contributed by atoms with Crippen molar-refractivity contribution in [3.05, 3.63) is 0 Å². The molecule has 3 unspecified atom stereocenters. The molecule has 0 aromatic heterocycles. The van der Waals surface area contributed by atoms with E-state index in [0.717, 1.165) is 38.5 Å². The number of hydrogen-bond donors (Lipinski definition) is 2. The molecule has 0 aromatic rings. The Morgan fingerprint density at radius 2 is 1.94 bits per heavy atom. The molecule has 3 heteroatoms. The molecule has 18 heavy (non-hydrogen) atoms. The number of unbranched alkanes of at least 4 members (excludes halogenated alkanes) is 1. The Kier molecular flexibility index (Phi) is 5.64. The van der Waals surface area contributed by atoms with Crippen LogP contribution in [0.25, 0.3) is 0 Å². The Hall–Kier alpha value is -0.570. The lowest BCUT2D eigenvalue weighted by Crippen LogP contribution is -2.31. The third-order valence-corrected chi connectivity index (χ3v) is 4.51. The zero-order valence-electron chi connectivity index (χ0n) is 12.0. The minimum atomic E-state index is -0.714. The van der Waals surface area contributed by atoms with Gasteiger partial charge >= 0.3 is 5.97 Å². The van der Waals surface area contributed by atoms with Crippen molar-refractivity contribution in [2.24, 2.45) is 17.3 Å². The third kappa shape index (κ3) is 4.27. The number of carboxylic acids is 1. The summed E-state index contributed by atoms with van der Waals surface area (Å²) < 4.78 is 0. The maximum atomic E-state index is 11.0. The highest BCUT2D eigenvalue weighted by molar-refractivity contribution is 5.73. The van der Waals surface area contributed by atoms with Crippen molar-refractivity contribution >= 4 is 5.97 Å². The van der Waals surface area contributed by atoms with Gasteiger partial charge in [0.2, 0.25) is 0 Å². The van der Waals surface area contributed by atoms with Gasteiger partial charge in [-0.05, 0) is 51.4 Å². The number of hydrogen-bond acceptors (Lipinski definition) is 2. The molecule has 106 valence electrons. The fraction of sp³-hybridized carbons (Fsp3) is 0.933. The monoisotopic (exact) mass is 256 g/mol. The van der Waals surface area contributed by atoms with Gasteiger partial charge in [-0.25, -0.2) is 0 Å². The average Bonchev–Trinajstić information content (AvgIpc) is 2.29. The van der Waals surface area contributed by atoms with Crippen LogP contribution in [0, 0.1) is 17.3 Å². The lowest BCUT2D eigenvalue weighted by atomic mass is 9.77. The van der Waals surface area contributed by atoms with Crippen LogP contribution < -0.4 is 0 Å². The van der Waals surface area contributed by atoms with Crippen molar-refractivity contribution in [1.29, 1.82) is 0 Å². The molecule has 1 fully saturated rings. The summed E-state index contributed by atoms with van der Waals surface area (Å²) in [5, 5.41) is 19.1. The SMILES string of the molecule is CC1CCCC(CCCCC(C)(C)C(=O)O)C1O. The summed E-state index contributed by atoms with van der Waals surface area (Å²) in [7, 11) is 0. The molecule has 1 aliphatic rings. The second kappa shape index (κ2) is 6.55. The van der Waals surface area contributed by atoms with Crippen LogP contribution in [-0.2, 0) is 4.79 Å². The van der Waals surface area contributed by atoms with E-state index in [4.69, 9.17) is 5.11 Å². The molecule has 2 N–H and O–H groups in total. The first-order chi connectivity index (χ1) is 8.34. The minimum absolute atomic E-state index is 0.147. The average molecular weight is 256 g/mol. The zero-order chi connectivity index (χ0) is 13.8. The molecule has 3 nitrogen and oxygen atoms in total. The van der Waals surface area contributed by atoms with Gasteiger partial charge < -0.3 is 10.2 Å². The predicted molar refractivity (Wildman–Crippen MR) is 72.4 cm³/mol. The Morgan fingerprint density at radius 3 is 2.56 bits per heavy atom. The number of aliphatic hydroxyl groups excluding tert-OH is 1. The molecule has 1 aliphatic carbocycles. The van der Waals surface area contributed by atoms with E-state index in [1.807, 2.05) is 0 Å². The molecule has 0 bridgehead atoms. The first-order valence-electron chi connectivity index (χ1n) is 7.26. The summed E-state index contributed by atoms with van der Waals surface area (Å²) in [4.78, 5) is 11.0. The maximum absolute atomic E-state index is 11.0. The minimum Gasteiger partial charge on any atom is -0.481 e. The molecule has 0 aromatic carbocycles. The van der Waals surface area contributed by atoms with Crippen molar-refractivity contribution in [2.75, 3.05) is 0 Å². The number of carbonyl (C=O) groups is 1. The van der Waals surface area contributed by atoms with E-state index >= 15 is 0 Å². The van der Waals surface area contributed by atoms with Gasteiger partial charge in [0.15, 0.2) is 0 Å². The van der Waals surface area contributed by atoms with Crippen molar-refractivity contribution in [3.8, 4) is 0 Å². The van der Waals surface area contributed by atoms with E-state index in [1.54, 1.807) is 13.8 Å². The highest BCUT2D eigenvalue weighted by Gasteiger charge is 2.29. The second-order valence-electron chi connectivity index (χ2n) is 6.59. The quantitative estimate of drug-likeness (QED) is 0.716. The topological polar surface area (TPSA) is 57.5 Å². The second-order valence-corrected chi connectivity index (χ2v) is 6.59. The van der Waals surface area contributed by atoms with Crippen molar-refractivity contribution in [1.82, 2.24) is 0 Å². The fourth-order valence-corrected chi connectivity index (χ4v) is 2.90. The Morgan fingerprint density at radius 1 is 1.28 bits per heavy atom. The van der Waals surface area contributed by atoms with Crippen LogP contribution in [0.1, 0.15) is 65.7 Å². The van der Waals surface area contributed by atoms with Crippen LogP contribution in [-0.4, -0.2) is 22.3 Å². The van der Waals surface area contributed by atoms with Crippen LogP contribution in [0.4, 0.5) is 0 Å². The van der Waals surface area contributed by atoms with Crippen molar-refractivity contribution in [3.63, 3.8) is 0 Å². The van der Waals surface area contributed by atoms with E-state index in [-0.39, 0.29) is 6.10 Å². The van der Waals surface area contributed by atoms with E-state index in [2.05, 4.69) is 6.92 Å². The lowest BCUT2D eigenvalue weighted by molar-refractivity contribution is -0.147. The predicted octanol–water partition coefficient (Wildman–Crippen LogP) is 3.45. The standard InChI is InChI=1S/C15H28O3/c1-11-7-6-9-12(13(11)16)8-4-5-10-15(2,3)14(17)18/h11-13,16H,4-10H2,1-3H3,(H,17,18). The summed E-state index contributed by atoms with van der Waals surface area (Å²) in [6, 6.07) is 0. The van der Waals surface area contributed by atoms with Crippen LogP contribution >= 0.6 is 0 Å². The highest BCUT2D eigenvalue weighted by Crippen LogP contribution is 2.33. The maximum Gasteiger partial charge on any atom is 0.309 e. The molecule has 0 radical (unpaired) electrons. The van der Waals surface area contributed by atoms with E-state index in [1.165, 1.54) is 6.42 Å². The van der Waals surface area contributed by atoms with Crippen LogP contribution in [0.2, 0.25) is 0 Å². The molecule has 0 amide bonds. The lowest BCUT2D eigenvalue weighted by Gasteiger charge is -2.33. The summed E-state index contributed by atoms with van der Waals surface area (Å²) in [6.45, 7) is 5.70. The first-order valence-corrected chi connectivity index (χ1v) is 7.26. The first kappa shape index (κ1) is 15.5. The molecule has 0 saturated heterocycles. The van der Waals surface area contributed by atoms with Gasteiger partial charge in [-0.3, -0.25) is 4.79 Å². The summed E-state index contributed by atoms with van der Waals surface area (Å²) in [5.74, 6) is 0.148. The van der Waals surface area contributed by atoms with Crippen molar-refractivity contribution < 1.29 is 15.0 Å². The number of aliphatic hydroxyl groups is 1. The molecular weight excluding hydrogens is 228 g/mol. The van der Waals surface area contributed by atoms with Crippen LogP contribution in [0.15, 0.2) is 0 Å². The Balaban J connectivity index is 2.23. The van der Waals surface area contributed by atoms with Crippen molar-refractivity contribution in [2.45, 2.75) is 71.8 Å². The molecule has 0 heterocycles. The summed E-state index contributed by atoms with van der Waals surface area (Å²) >= 11 is 0. The van der Waals surface area contributed by atoms with Gasteiger partial charge in [-0.1, -0.05) is 26.2 Å². The van der Waals surface area contributed by atoms with E-state index in [0.29, 0.717) is 11.8 Å². The summed E-state index contributed by atoms with van der Waals surface area (Å²) in [6.07, 6.45) is 7.09. The molecule has 1 saturated carbocycles. The number of aliphatic carboxylic acids is 1. The third-order valence-electron chi connectivity index (χ3n) is 4.51. The number of carboxylic acid groups (broad SMARTS) is 1. The van der Waals surface area contributed by atoms with Gasteiger partial charge in [0.05, 0.1) is 11.5 Å². The largest absolute Gasteiger partial charge is 0.481 e. The molecule has 1 rings (SSSR count). The fourth-order valence-electron chi connectivity index (χ4n) is 2.90. The van der Waals surface area contributed by atoms with Gasteiger partial charge in [-0.2, -0.15) is 0 Å². The smallest absolute Gasteiger partial charge is 0.309 e. The van der Waals surface area contributed by atoms with Gasteiger partial charge in [-0.15, -0.1) is 0 Å². The number of rotatable bonds is 6. The van der Waals surface area contributed by atoms with Gasteiger partial charge in [0.25, 0.3) is 0 Å².